The van der Waals surface area contributed by atoms with Gasteiger partial charge in [0.2, 0.25) is 11.8 Å². The zero-order valence-electron chi connectivity index (χ0n) is 25.0. The first kappa shape index (κ1) is 29.1. The largest absolute Gasteiger partial charge is 0.473 e. The number of hydrogen-bond acceptors (Lipinski definition) is 11. The molecule has 1 unspecified atom stereocenters. The maximum Gasteiger partial charge on any atom is 0.246 e. The Morgan fingerprint density at radius 2 is 2.07 bits per heavy atom. The Morgan fingerprint density at radius 3 is 2.77 bits per heavy atom. The van der Waals surface area contributed by atoms with E-state index in [1.165, 1.54) is 17.4 Å². The van der Waals surface area contributed by atoms with Crippen LogP contribution in [0.4, 0.5) is 10.8 Å². The Balaban J connectivity index is 1.34. The molecule has 0 aromatic carbocycles. The Hall–Kier alpha value is -3.95. The SMILES string of the molecule is C=CC(=O)N1CCN(c2cc(O[C@@H](C)[C@@H]3CCCN3C)nc(-c3cc(C4(C)CCCc5sc(N)c(C#N)c54)on3)n2)CC1. The lowest BCUT2D eigenvalue weighted by Gasteiger charge is -2.35. The van der Waals surface area contributed by atoms with Crippen LogP contribution in [-0.4, -0.2) is 82.7 Å². The second kappa shape index (κ2) is 11.6. The van der Waals surface area contributed by atoms with Crippen LogP contribution in [0, 0.1) is 11.3 Å². The van der Waals surface area contributed by atoms with Crippen LogP contribution in [0.15, 0.2) is 29.3 Å². The number of likely N-dealkylation sites (N-methyl/N-ethyl adjacent to an activating group) is 1. The monoisotopic (exact) mass is 602 g/mol. The fraction of sp³-hybridized carbons (Fsp3) is 0.516. The van der Waals surface area contributed by atoms with Crippen molar-refractivity contribution in [3.63, 3.8) is 0 Å². The fourth-order valence-corrected chi connectivity index (χ4v) is 8.01. The van der Waals surface area contributed by atoms with Crippen LogP contribution in [0.25, 0.3) is 11.5 Å². The molecule has 226 valence electrons. The van der Waals surface area contributed by atoms with Crippen molar-refractivity contribution >= 4 is 28.1 Å². The summed E-state index contributed by atoms with van der Waals surface area (Å²) in [5.74, 6) is 2.19. The summed E-state index contributed by atoms with van der Waals surface area (Å²) in [7, 11) is 2.13. The molecule has 3 aromatic heterocycles. The third-order valence-electron chi connectivity index (χ3n) is 9.24. The zero-order valence-corrected chi connectivity index (χ0v) is 25.8. The Morgan fingerprint density at radius 1 is 1.28 bits per heavy atom. The number of amides is 1. The van der Waals surface area contributed by atoms with Gasteiger partial charge < -0.3 is 24.8 Å². The third kappa shape index (κ3) is 5.36. The van der Waals surface area contributed by atoms with E-state index in [0.29, 0.717) is 71.8 Å². The van der Waals surface area contributed by atoms with Gasteiger partial charge >= 0.3 is 0 Å². The lowest BCUT2D eigenvalue weighted by atomic mass is 9.71. The normalized spacial score (nSPS) is 23.1. The molecule has 2 saturated heterocycles. The van der Waals surface area contributed by atoms with Gasteiger partial charge in [0.15, 0.2) is 11.5 Å². The van der Waals surface area contributed by atoms with Crippen LogP contribution in [0.3, 0.4) is 0 Å². The van der Waals surface area contributed by atoms with E-state index in [1.807, 2.05) is 12.1 Å². The predicted molar refractivity (Wildman–Crippen MR) is 165 cm³/mol. The van der Waals surface area contributed by atoms with Gasteiger partial charge in [-0.1, -0.05) is 11.7 Å². The molecule has 2 N–H and O–H groups in total. The van der Waals surface area contributed by atoms with E-state index in [1.54, 1.807) is 4.90 Å². The average Bonchev–Trinajstić information content (AvgIpc) is 3.75. The summed E-state index contributed by atoms with van der Waals surface area (Å²) >= 11 is 1.49. The number of nitrogen functional groups attached to an aromatic ring is 1. The quantitative estimate of drug-likeness (QED) is 0.395. The van der Waals surface area contributed by atoms with Crippen LogP contribution < -0.4 is 15.4 Å². The molecule has 3 atom stereocenters. The first-order valence-electron chi connectivity index (χ1n) is 14.9. The highest BCUT2D eigenvalue weighted by Crippen LogP contribution is 2.49. The highest BCUT2D eigenvalue weighted by molar-refractivity contribution is 7.16. The van der Waals surface area contributed by atoms with Gasteiger partial charge in [-0.05, 0) is 71.2 Å². The topological polar surface area (TPSA) is 138 Å². The van der Waals surface area contributed by atoms with Crippen LogP contribution in [-0.2, 0) is 16.6 Å². The van der Waals surface area contributed by atoms with E-state index in [9.17, 15) is 10.1 Å². The Kier molecular flexibility index (Phi) is 7.87. The molecule has 3 aliphatic rings. The molecule has 6 rings (SSSR count). The van der Waals surface area contributed by atoms with Gasteiger partial charge in [-0.2, -0.15) is 10.2 Å². The minimum Gasteiger partial charge on any atom is -0.473 e. The standard InChI is InChI=1S/C31H38N8O3S/c1-5-27(40)39-14-12-38(13-15-39)25-17-26(41-19(2)22-8-7-11-37(22)4)35-30(34-25)21-16-24(42-36-21)31(3)10-6-9-23-28(31)20(18-32)29(33)43-23/h5,16-17,19,22H,1,6-15,33H2,2-4H3/t19-,22-,31?/m0/s1. The second-order valence-electron chi connectivity index (χ2n) is 11.9. The van der Waals surface area contributed by atoms with Gasteiger partial charge in [0.05, 0.1) is 11.0 Å². The van der Waals surface area contributed by atoms with Crippen LogP contribution in [0.2, 0.25) is 0 Å². The number of ether oxygens (including phenoxy) is 1. The number of piperazine rings is 1. The molecule has 1 aliphatic carbocycles. The van der Waals surface area contributed by atoms with Crippen molar-refractivity contribution in [3.8, 4) is 23.5 Å². The number of nitrogens with two attached hydrogens (primary N) is 1. The summed E-state index contributed by atoms with van der Waals surface area (Å²) < 4.78 is 12.4. The maximum atomic E-state index is 12.2. The molecule has 0 spiro atoms. The van der Waals surface area contributed by atoms with Gasteiger partial charge in [0.1, 0.15) is 28.8 Å². The molecule has 0 radical (unpaired) electrons. The zero-order chi connectivity index (χ0) is 30.3. The lowest BCUT2D eigenvalue weighted by Crippen LogP contribution is -2.48. The third-order valence-corrected chi connectivity index (χ3v) is 10.3. The van der Waals surface area contributed by atoms with Crippen LogP contribution >= 0.6 is 11.3 Å². The van der Waals surface area contributed by atoms with Crippen molar-refractivity contribution in [2.75, 3.05) is 50.4 Å². The predicted octanol–water partition coefficient (Wildman–Crippen LogP) is 3.99. The van der Waals surface area contributed by atoms with E-state index in [2.05, 4.69) is 48.5 Å². The second-order valence-corrected chi connectivity index (χ2v) is 13.1. The number of aryl methyl sites for hydroxylation is 1. The molecule has 2 fully saturated rings. The number of nitriles is 1. The van der Waals surface area contributed by atoms with Gasteiger partial charge in [0, 0.05) is 49.2 Å². The van der Waals surface area contributed by atoms with Gasteiger partial charge in [-0.15, -0.1) is 11.3 Å². The smallest absolute Gasteiger partial charge is 0.246 e. The molecule has 0 bridgehead atoms. The van der Waals surface area contributed by atoms with Crippen molar-refractivity contribution < 1.29 is 14.1 Å². The highest BCUT2D eigenvalue weighted by atomic mass is 32.1. The van der Waals surface area contributed by atoms with Crippen molar-refractivity contribution in [1.82, 2.24) is 24.9 Å². The molecule has 2 aliphatic heterocycles. The van der Waals surface area contributed by atoms with Crippen molar-refractivity contribution in [2.24, 2.45) is 0 Å². The Bertz CT molecular complexity index is 1570. The van der Waals surface area contributed by atoms with E-state index in [4.69, 9.17) is 25.0 Å². The number of nitrogens with zero attached hydrogens (tertiary/aromatic N) is 7. The molecular formula is C31H38N8O3S. The van der Waals surface area contributed by atoms with Crippen molar-refractivity contribution in [3.05, 3.63) is 46.6 Å². The van der Waals surface area contributed by atoms with Crippen molar-refractivity contribution in [2.45, 2.75) is 63.5 Å². The maximum absolute atomic E-state index is 12.2. The first-order chi connectivity index (χ1) is 20.7. The fourth-order valence-electron chi connectivity index (χ4n) is 6.82. The molecule has 11 nitrogen and oxygen atoms in total. The number of carbonyl (C=O) groups excluding carboxylic acids is 1. The summed E-state index contributed by atoms with van der Waals surface area (Å²) in [6.07, 6.45) is 6.19. The number of aromatic nitrogens is 3. The average molecular weight is 603 g/mol. The summed E-state index contributed by atoms with van der Waals surface area (Å²) in [6, 6.07) is 6.40. The molecule has 1 amide bonds. The number of anilines is 2. The lowest BCUT2D eigenvalue weighted by molar-refractivity contribution is -0.126. The minimum atomic E-state index is -0.537. The van der Waals surface area contributed by atoms with Crippen LogP contribution in [0.5, 0.6) is 5.88 Å². The highest BCUT2D eigenvalue weighted by Gasteiger charge is 2.42. The minimum absolute atomic E-state index is 0.0638. The number of rotatable bonds is 7. The number of hydrogen-bond donors (Lipinski definition) is 1. The molecule has 0 saturated carbocycles. The van der Waals surface area contributed by atoms with E-state index in [-0.39, 0.29) is 12.0 Å². The molecular weight excluding hydrogens is 564 g/mol. The molecule has 3 aromatic rings. The van der Waals surface area contributed by atoms with E-state index >= 15 is 0 Å². The number of fused-ring (bicyclic) bond motifs is 1. The molecule has 12 heteroatoms. The number of likely N-dealkylation sites (tertiary alicyclic amines) is 1. The van der Waals surface area contributed by atoms with Crippen LogP contribution in [0.1, 0.15) is 61.3 Å². The first-order valence-corrected chi connectivity index (χ1v) is 15.7. The van der Waals surface area contributed by atoms with E-state index < -0.39 is 5.41 Å². The summed E-state index contributed by atoms with van der Waals surface area (Å²) in [5, 5.41) is 14.9. The summed E-state index contributed by atoms with van der Waals surface area (Å²) in [6.45, 7) is 11.2. The Labute approximate surface area is 255 Å². The number of carbonyl (C=O) groups is 1. The summed E-state index contributed by atoms with van der Waals surface area (Å²) in [4.78, 5) is 29.3. The summed E-state index contributed by atoms with van der Waals surface area (Å²) in [5.41, 5.74) is 7.69. The van der Waals surface area contributed by atoms with Gasteiger partial charge in [-0.25, -0.2) is 4.98 Å². The van der Waals surface area contributed by atoms with Crippen molar-refractivity contribution in [1.29, 1.82) is 5.26 Å². The number of thiophene rings is 1. The van der Waals surface area contributed by atoms with E-state index in [0.717, 1.165) is 49.1 Å². The van der Waals surface area contributed by atoms with Gasteiger partial charge in [0.25, 0.3) is 0 Å². The van der Waals surface area contributed by atoms with Gasteiger partial charge in [-0.3, -0.25) is 9.69 Å². The molecule has 5 heterocycles. The molecule has 43 heavy (non-hydrogen) atoms.